The molecule has 0 bridgehead atoms. The Balaban J connectivity index is 0.00000441. The number of rotatable bonds is 6. The SMILES string of the molecule is CCCCN(C)C(=NC)NCC(C)(C)c1ccccc1F.I. The van der Waals surface area contributed by atoms with Gasteiger partial charge in [0.25, 0.3) is 0 Å². The third kappa shape index (κ3) is 6.10. The second-order valence-electron chi connectivity index (χ2n) is 6.04. The molecule has 0 saturated carbocycles. The van der Waals surface area contributed by atoms with E-state index in [-0.39, 0.29) is 35.2 Å². The van der Waals surface area contributed by atoms with Crippen LogP contribution >= 0.6 is 24.0 Å². The minimum absolute atomic E-state index is 0. The van der Waals surface area contributed by atoms with Gasteiger partial charge in [0.15, 0.2) is 5.96 Å². The molecule has 22 heavy (non-hydrogen) atoms. The lowest BCUT2D eigenvalue weighted by molar-refractivity contribution is 0.434. The minimum atomic E-state index is -0.299. The van der Waals surface area contributed by atoms with E-state index >= 15 is 0 Å². The van der Waals surface area contributed by atoms with Gasteiger partial charge in [-0.25, -0.2) is 4.39 Å². The highest BCUT2D eigenvalue weighted by Gasteiger charge is 2.24. The van der Waals surface area contributed by atoms with Gasteiger partial charge in [-0.05, 0) is 18.1 Å². The monoisotopic (exact) mass is 421 g/mol. The van der Waals surface area contributed by atoms with Crippen molar-refractivity contribution in [2.75, 3.05) is 27.2 Å². The Bertz CT molecular complexity index is 475. The predicted octanol–water partition coefficient (Wildman–Crippen LogP) is 4.03. The molecule has 3 nitrogen and oxygen atoms in total. The minimum Gasteiger partial charge on any atom is -0.355 e. The molecule has 126 valence electrons. The maximum Gasteiger partial charge on any atom is 0.193 e. The van der Waals surface area contributed by atoms with E-state index in [0.717, 1.165) is 30.9 Å². The molecule has 1 aromatic rings. The summed E-state index contributed by atoms with van der Waals surface area (Å²) in [5.74, 6) is 0.700. The third-order valence-corrected chi connectivity index (χ3v) is 3.71. The predicted molar refractivity (Wildman–Crippen MR) is 104 cm³/mol. The van der Waals surface area contributed by atoms with Crippen molar-refractivity contribution in [3.8, 4) is 0 Å². The fraction of sp³-hybridized carbons (Fsp3) is 0.588. The molecule has 0 aliphatic carbocycles. The van der Waals surface area contributed by atoms with Gasteiger partial charge in [0.2, 0.25) is 0 Å². The Morgan fingerprint density at radius 2 is 1.95 bits per heavy atom. The van der Waals surface area contributed by atoms with Crippen LogP contribution in [0.1, 0.15) is 39.2 Å². The molecule has 0 amide bonds. The van der Waals surface area contributed by atoms with Gasteiger partial charge in [-0.2, -0.15) is 0 Å². The summed E-state index contributed by atoms with van der Waals surface area (Å²) in [5, 5.41) is 3.35. The smallest absolute Gasteiger partial charge is 0.193 e. The van der Waals surface area contributed by atoms with E-state index in [1.807, 2.05) is 33.0 Å². The fourth-order valence-electron chi connectivity index (χ4n) is 2.29. The zero-order valence-electron chi connectivity index (χ0n) is 14.3. The van der Waals surface area contributed by atoms with Gasteiger partial charge in [-0.1, -0.05) is 45.4 Å². The van der Waals surface area contributed by atoms with Crippen LogP contribution in [0.4, 0.5) is 4.39 Å². The van der Waals surface area contributed by atoms with Gasteiger partial charge in [0.05, 0.1) is 0 Å². The molecule has 0 spiro atoms. The average molecular weight is 421 g/mol. The number of nitrogens with zero attached hydrogens (tertiary/aromatic N) is 2. The Labute approximate surface area is 151 Å². The summed E-state index contributed by atoms with van der Waals surface area (Å²) in [6.45, 7) is 7.86. The van der Waals surface area contributed by atoms with Crippen molar-refractivity contribution in [1.82, 2.24) is 10.2 Å². The molecule has 0 unspecified atom stereocenters. The van der Waals surface area contributed by atoms with E-state index < -0.39 is 0 Å². The number of nitrogens with one attached hydrogen (secondary N) is 1. The highest BCUT2D eigenvalue weighted by atomic mass is 127. The zero-order valence-corrected chi connectivity index (χ0v) is 16.6. The van der Waals surface area contributed by atoms with Crippen molar-refractivity contribution in [2.24, 2.45) is 4.99 Å². The van der Waals surface area contributed by atoms with Crippen LogP contribution in [-0.4, -0.2) is 38.0 Å². The molecule has 1 aromatic carbocycles. The van der Waals surface area contributed by atoms with Crippen LogP contribution in [0.3, 0.4) is 0 Å². The van der Waals surface area contributed by atoms with E-state index in [9.17, 15) is 4.39 Å². The maximum atomic E-state index is 13.9. The number of halogens is 2. The fourth-order valence-corrected chi connectivity index (χ4v) is 2.29. The van der Waals surface area contributed by atoms with Crippen LogP contribution in [0, 0.1) is 5.82 Å². The van der Waals surface area contributed by atoms with Crippen molar-refractivity contribution < 1.29 is 4.39 Å². The van der Waals surface area contributed by atoms with Crippen LogP contribution in [0.25, 0.3) is 0 Å². The first-order valence-corrected chi connectivity index (χ1v) is 7.59. The molecule has 1 N–H and O–H groups in total. The maximum absolute atomic E-state index is 13.9. The quantitative estimate of drug-likeness (QED) is 0.427. The Morgan fingerprint density at radius 3 is 2.50 bits per heavy atom. The lowest BCUT2D eigenvalue weighted by Crippen LogP contribution is -2.44. The molecule has 0 aromatic heterocycles. The summed E-state index contributed by atoms with van der Waals surface area (Å²) >= 11 is 0. The van der Waals surface area contributed by atoms with Crippen LogP contribution in [-0.2, 0) is 5.41 Å². The molecule has 0 atom stereocenters. The van der Waals surface area contributed by atoms with E-state index in [1.54, 1.807) is 13.1 Å². The van der Waals surface area contributed by atoms with Gasteiger partial charge in [0, 0.05) is 32.6 Å². The normalized spacial score (nSPS) is 11.8. The zero-order chi connectivity index (χ0) is 15.9. The lowest BCUT2D eigenvalue weighted by atomic mass is 9.84. The number of aliphatic imine (C=N–C) groups is 1. The first-order chi connectivity index (χ1) is 9.92. The van der Waals surface area contributed by atoms with E-state index in [4.69, 9.17) is 0 Å². The van der Waals surface area contributed by atoms with Crippen LogP contribution < -0.4 is 5.32 Å². The van der Waals surface area contributed by atoms with Gasteiger partial charge < -0.3 is 10.2 Å². The van der Waals surface area contributed by atoms with Crippen LogP contribution in [0.15, 0.2) is 29.3 Å². The highest BCUT2D eigenvalue weighted by molar-refractivity contribution is 14.0. The van der Waals surface area contributed by atoms with E-state index in [1.165, 1.54) is 6.07 Å². The van der Waals surface area contributed by atoms with Gasteiger partial charge in [0.1, 0.15) is 5.82 Å². The molecule has 5 heteroatoms. The van der Waals surface area contributed by atoms with Gasteiger partial charge >= 0.3 is 0 Å². The van der Waals surface area contributed by atoms with Crippen LogP contribution in [0.2, 0.25) is 0 Å². The summed E-state index contributed by atoms with van der Waals surface area (Å²) in [7, 11) is 3.81. The molecular formula is C17H29FIN3. The summed E-state index contributed by atoms with van der Waals surface area (Å²) in [5.41, 5.74) is 0.427. The highest BCUT2D eigenvalue weighted by Crippen LogP contribution is 2.24. The first kappa shape index (κ1) is 21.1. The second-order valence-corrected chi connectivity index (χ2v) is 6.04. The number of unbranched alkanes of at least 4 members (excludes halogenated alkanes) is 1. The van der Waals surface area contributed by atoms with Crippen molar-refractivity contribution in [1.29, 1.82) is 0 Å². The Kier molecular flexibility index (Phi) is 9.64. The van der Waals surface area contributed by atoms with Crippen molar-refractivity contribution >= 4 is 29.9 Å². The first-order valence-electron chi connectivity index (χ1n) is 7.59. The number of benzene rings is 1. The van der Waals surface area contributed by atoms with E-state index in [2.05, 4.69) is 22.1 Å². The van der Waals surface area contributed by atoms with E-state index in [0.29, 0.717) is 6.54 Å². The molecule has 1 rings (SSSR count). The Morgan fingerprint density at radius 1 is 1.32 bits per heavy atom. The van der Waals surface area contributed by atoms with Gasteiger partial charge in [-0.3, -0.25) is 4.99 Å². The average Bonchev–Trinajstić information content (AvgIpc) is 2.45. The standard InChI is InChI=1S/C17H28FN3.HI/c1-6-7-12-21(5)16(19-4)20-13-17(2,3)14-10-8-9-11-15(14)18;/h8-11H,6-7,12-13H2,1-5H3,(H,19,20);1H. The lowest BCUT2D eigenvalue weighted by Gasteiger charge is -2.29. The molecule has 0 fully saturated rings. The second kappa shape index (κ2) is 10.0. The summed E-state index contributed by atoms with van der Waals surface area (Å²) in [6.07, 6.45) is 2.29. The number of guanidine groups is 1. The van der Waals surface area contributed by atoms with Crippen molar-refractivity contribution in [3.63, 3.8) is 0 Å². The largest absolute Gasteiger partial charge is 0.355 e. The summed E-state index contributed by atoms with van der Waals surface area (Å²) in [4.78, 5) is 6.41. The summed E-state index contributed by atoms with van der Waals surface area (Å²) < 4.78 is 13.9. The molecule has 0 saturated heterocycles. The number of hydrogen-bond donors (Lipinski definition) is 1. The van der Waals surface area contributed by atoms with Crippen LogP contribution in [0.5, 0.6) is 0 Å². The molecular weight excluding hydrogens is 392 g/mol. The molecule has 0 aliphatic rings. The molecule has 0 heterocycles. The topological polar surface area (TPSA) is 27.6 Å². The molecule has 0 radical (unpaired) electrons. The van der Waals surface area contributed by atoms with Crippen molar-refractivity contribution in [3.05, 3.63) is 35.6 Å². The van der Waals surface area contributed by atoms with Crippen molar-refractivity contribution in [2.45, 2.75) is 39.0 Å². The summed E-state index contributed by atoms with van der Waals surface area (Å²) in [6, 6.07) is 6.96. The number of hydrogen-bond acceptors (Lipinski definition) is 1. The van der Waals surface area contributed by atoms with Gasteiger partial charge in [-0.15, -0.1) is 24.0 Å². The molecule has 0 aliphatic heterocycles. The third-order valence-electron chi connectivity index (χ3n) is 3.71. The Hall–Kier alpha value is -0.850.